The summed E-state index contributed by atoms with van der Waals surface area (Å²) in [6, 6.07) is 6.49. The summed E-state index contributed by atoms with van der Waals surface area (Å²) < 4.78 is 33.4. The Hall–Kier alpha value is 0.130. The van der Waals surface area contributed by atoms with Crippen molar-refractivity contribution in [1.29, 1.82) is 0 Å². The maximum Gasteiger partial charge on any atom is 1.00 e. The Labute approximate surface area is 278 Å². The minimum Gasteiger partial charge on any atom is -0.744 e. The Bertz CT molecular complexity index is 781. The number of aryl methyl sites for hydroxylation is 1. The Balaban J connectivity index is 0.0000160. The van der Waals surface area contributed by atoms with Crippen LogP contribution >= 0.6 is 0 Å². The molecule has 0 heterocycles. The molecule has 0 atom stereocenters. The van der Waals surface area contributed by atoms with Gasteiger partial charge in [-0.15, -0.1) is 0 Å². The predicted molar refractivity (Wildman–Crippen MR) is 173 cm³/mol. The zero-order chi connectivity index (χ0) is 29.0. The van der Waals surface area contributed by atoms with Crippen LogP contribution in [0.15, 0.2) is 29.2 Å². The zero-order valence-corrected chi connectivity index (χ0v) is 30.3. The van der Waals surface area contributed by atoms with Gasteiger partial charge in [-0.2, -0.15) is 0 Å². The van der Waals surface area contributed by atoms with Crippen molar-refractivity contribution in [3.63, 3.8) is 0 Å². The molecule has 0 saturated carbocycles. The third kappa shape index (κ3) is 27.4. The molecule has 0 aliphatic carbocycles. The van der Waals surface area contributed by atoms with Crippen LogP contribution in [0.3, 0.4) is 0 Å². The number of rotatable bonds is 30. The quantitative estimate of drug-likeness (QED) is 0.0503. The molecule has 0 unspecified atom stereocenters. The van der Waals surface area contributed by atoms with E-state index in [1.807, 2.05) is 6.07 Å². The number of unbranched alkanes of at least 4 members (excludes halogenated alkanes) is 27. The summed E-state index contributed by atoms with van der Waals surface area (Å²) in [7, 11) is -4.34. The molecule has 1 aromatic carbocycles. The molecule has 0 aromatic heterocycles. The van der Waals surface area contributed by atoms with Crippen LogP contribution in [0.1, 0.15) is 192 Å². The fourth-order valence-corrected chi connectivity index (χ4v) is 6.40. The van der Waals surface area contributed by atoms with Crippen LogP contribution in [-0.4, -0.2) is 13.0 Å². The van der Waals surface area contributed by atoms with Crippen LogP contribution in [-0.2, 0) is 16.5 Å². The van der Waals surface area contributed by atoms with Gasteiger partial charge in [0, 0.05) is 0 Å². The smallest absolute Gasteiger partial charge is 0.744 e. The van der Waals surface area contributed by atoms with E-state index in [1.54, 1.807) is 6.07 Å². The Morgan fingerprint density at radius 3 is 1.07 bits per heavy atom. The van der Waals surface area contributed by atoms with E-state index in [0.717, 1.165) is 18.4 Å². The van der Waals surface area contributed by atoms with Gasteiger partial charge >= 0.3 is 29.6 Å². The third-order valence-electron chi connectivity index (χ3n) is 8.51. The minimum absolute atomic E-state index is 0. The average Bonchev–Trinajstić information content (AvgIpc) is 2.94. The van der Waals surface area contributed by atoms with Crippen molar-refractivity contribution >= 4 is 10.1 Å². The van der Waals surface area contributed by atoms with Gasteiger partial charge in [0.1, 0.15) is 10.1 Å². The largest absolute Gasteiger partial charge is 1.00 e. The Kier molecular flexibility index (Phi) is 30.3. The van der Waals surface area contributed by atoms with E-state index in [0.29, 0.717) is 0 Å². The van der Waals surface area contributed by atoms with E-state index in [4.69, 9.17) is 0 Å². The monoisotopic (exact) mass is 600 g/mol. The van der Waals surface area contributed by atoms with E-state index < -0.39 is 10.1 Å². The average molecular weight is 601 g/mol. The second-order valence-electron chi connectivity index (χ2n) is 12.4. The first-order chi connectivity index (χ1) is 19.5. The third-order valence-corrected chi connectivity index (χ3v) is 9.34. The van der Waals surface area contributed by atoms with Crippen molar-refractivity contribution in [2.75, 3.05) is 0 Å². The minimum atomic E-state index is -4.34. The van der Waals surface area contributed by atoms with Gasteiger partial charge in [-0.3, -0.25) is 0 Å². The van der Waals surface area contributed by atoms with Gasteiger partial charge < -0.3 is 4.55 Å². The summed E-state index contributed by atoms with van der Waals surface area (Å²) in [5.74, 6) is 0. The van der Waals surface area contributed by atoms with Crippen LogP contribution in [0.25, 0.3) is 0 Å². The molecule has 5 heteroatoms. The first kappa shape index (κ1) is 41.1. The second kappa shape index (κ2) is 30.2. The molecule has 41 heavy (non-hydrogen) atoms. The molecular formula is C36H65NaO3S. The Morgan fingerprint density at radius 1 is 0.488 bits per heavy atom. The van der Waals surface area contributed by atoms with E-state index in [2.05, 4.69) is 6.92 Å². The summed E-state index contributed by atoms with van der Waals surface area (Å²) in [5, 5.41) is 0. The van der Waals surface area contributed by atoms with E-state index >= 15 is 0 Å². The Morgan fingerprint density at radius 2 is 0.780 bits per heavy atom. The van der Waals surface area contributed by atoms with Gasteiger partial charge in [0.25, 0.3) is 0 Å². The summed E-state index contributed by atoms with van der Waals surface area (Å²) in [6.07, 6.45) is 40.1. The van der Waals surface area contributed by atoms with Crippen molar-refractivity contribution in [2.24, 2.45) is 0 Å². The molecule has 0 bridgehead atoms. The SMILES string of the molecule is CCCCCCCCCCCCCCCCCCCCCCCCCCCCCCc1cccc(S(=O)(=O)[O-])c1.[Na+]. The van der Waals surface area contributed by atoms with Crippen molar-refractivity contribution in [1.82, 2.24) is 0 Å². The van der Waals surface area contributed by atoms with Crippen LogP contribution in [0.4, 0.5) is 0 Å². The molecule has 1 rings (SSSR count). The molecule has 3 nitrogen and oxygen atoms in total. The van der Waals surface area contributed by atoms with Gasteiger partial charge in [0.05, 0.1) is 4.90 Å². The molecular weight excluding hydrogens is 535 g/mol. The van der Waals surface area contributed by atoms with Gasteiger partial charge in [0.2, 0.25) is 0 Å². The molecule has 0 radical (unpaired) electrons. The maximum absolute atomic E-state index is 11.1. The fourth-order valence-electron chi connectivity index (χ4n) is 5.86. The first-order valence-corrected chi connectivity index (χ1v) is 19.0. The standard InChI is InChI=1S/C36H66O3S.Na/c1-2-3-4-5-6-7-8-9-10-11-12-13-14-15-16-17-18-19-20-21-22-23-24-25-26-27-28-29-31-35-32-30-33-36(34-35)40(37,38)39;/h30,32-34H,2-29,31H2,1H3,(H,37,38,39);/q;+1/p-1. The van der Waals surface area contributed by atoms with Gasteiger partial charge in [-0.1, -0.05) is 192 Å². The second-order valence-corrected chi connectivity index (χ2v) is 13.8. The number of hydrogen-bond donors (Lipinski definition) is 0. The van der Waals surface area contributed by atoms with E-state index in [1.165, 1.54) is 185 Å². The molecule has 234 valence electrons. The molecule has 0 saturated heterocycles. The van der Waals surface area contributed by atoms with Crippen molar-refractivity contribution < 1.29 is 42.5 Å². The molecule has 0 N–H and O–H groups in total. The van der Waals surface area contributed by atoms with E-state index in [-0.39, 0.29) is 34.5 Å². The number of hydrogen-bond acceptors (Lipinski definition) is 3. The molecule has 0 aliphatic rings. The molecule has 0 aliphatic heterocycles. The van der Waals surface area contributed by atoms with Crippen LogP contribution in [0.5, 0.6) is 0 Å². The summed E-state index contributed by atoms with van der Waals surface area (Å²) in [6.45, 7) is 2.30. The summed E-state index contributed by atoms with van der Waals surface area (Å²) >= 11 is 0. The topological polar surface area (TPSA) is 57.2 Å². The van der Waals surface area contributed by atoms with Crippen LogP contribution < -0.4 is 29.6 Å². The molecule has 0 fully saturated rings. The van der Waals surface area contributed by atoms with Crippen molar-refractivity contribution in [3.05, 3.63) is 29.8 Å². The first-order valence-electron chi connectivity index (χ1n) is 17.6. The van der Waals surface area contributed by atoms with Gasteiger partial charge in [-0.25, -0.2) is 8.42 Å². The molecule has 1 aromatic rings. The number of benzene rings is 1. The normalized spacial score (nSPS) is 11.6. The maximum atomic E-state index is 11.1. The molecule has 0 spiro atoms. The van der Waals surface area contributed by atoms with E-state index in [9.17, 15) is 13.0 Å². The van der Waals surface area contributed by atoms with Crippen LogP contribution in [0, 0.1) is 0 Å². The molecule has 0 amide bonds. The van der Waals surface area contributed by atoms with Crippen molar-refractivity contribution in [2.45, 2.75) is 198 Å². The van der Waals surface area contributed by atoms with Crippen molar-refractivity contribution in [3.8, 4) is 0 Å². The fraction of sp³-hybridized carbons (Fsp3) is 0.833. The zero-order valence-electron chi connectivity index (χ0n) is 27.4. The summed E-state index contributed by atoms with van der Waals surface area (Å²) in [5.41, 5.74) is 0.951. The van der Waals surface area contributed by atoms with Gasteiger partial charge in [0.15, 0.2) is 0 Å². The summed E-state index contributed by atoms with van der Waals surface area (Å²) in [4.78, 5) is -0.106. The van der Waals surface area contributed by atoms with Crippen LogP contribution in [0.2, 0.25) is 0 Å². The predicted octanol–water partition coefficient (Wildman–Crippen LogP) is 9.08. The van der Waals surface area contributed by atoms with Gasteiger partial charge in [-0.05, 0) is 30.5 Å².